The van der Waals surface area contributed by atoms with Crippen LogP contribution in [0.25, 0.3) is 10.9 Å². The average Bonchev–Trinajstić information content (AvgIpc) is 2.95. The zero-order valence-corrected chi connectivity index (χ0v) is 10.8. The molecular weight excluding hydrogens is 224 g/mol. The van der Waals surface area contributed by atoms with E-state index in [-0.39, 0.29) is 5.41 Å². The second kappa shape index (κ2) is 4.02. The summed E-state index contributed by atoms with van der Waals surface area (Å²) in [6, 6.07) is 5.60. The van der Waals surface area contributed by atoms with Crippen molar-refractivity contribution in [3.05, 3.63) is 30.0 Å². The van der Waals surface area contributed by atoms with Crippen molar-refractivity contribution in [3.63, 3.8) is 0 Å². The number of aromatic hydroxyl groups is 1. The molecular formula is C15H20N2O. The lowest BCUT2D eigenvalue weighted by molar-refractivity contribution is 0.455. The zero-order valence-electron chi connectivity index (χ0n) is 10.8. The van der Waals surface area contributed by atoms with Gasteiger partial charge in [-0.25, -0.2) is 0 Å². The molecule has 1 heterocycles. The quantitative estimate of drug-likeness (QED) is 0.853. The van der Waals surface area contributed by atoms with Crippen LogP contribution in [0.4, 0.5) is 0 Å². The van der Waals surface area contributed by atoms with Crippen LogP contribution in [-0.4, -0.2) is 16.2 Å². The van der Waals surface area contributed by atoms with Crippen LogP contribution in [0.1, 0.15) is 31.2 Å². The van der Waals surface area contributed by atoms with Crippen LogP contribution in [0.15, 0.2) is 24.4 Å². The van der Waals surface area contributed by atoms with Gasteiger partial charge < -0.3 is 15.4 Å². The molecule has 0 amide bonds. The molecule has 1 aliphatic carbocycles. The highest BCUT2D eigenvalue weighted by atomic mass is 16.3. The molecule has 0 saturated heterocycles. The first-order valence-electron chi connectivity index (χ1n) is 6.65. The summed E-state index contributed by atoms with van der Waals surface area (Å²) in [5, 5.41) is 10.9. The number of rotatable bonds is 2. The zero-order chi connectivity index (χ0) is 12.8. The van der Waals surface area contributed by atoms with Crippen molar-refractivity contribution in [3.8, 4) is 5.75 Å². The highest BCUT2D eigenvalue weighted by Gasteiger charge is 2.36. The third-order valence-corrected chi connectivity index (χ3v) is 4.50. The number of phenols is 1. The van der Waals surface area contributed by atoms with Gasteiger partial charge in [-0.1, -0.05) is 12.8 Å². The first-order chi connectivity index (χ1) is 8.66. The molecule has 1 fully saturated rings. The van der Waals surface area contributed by atoms with Crippen LogP contribution in [0.2, 0.25) is 0 Å². The van der Waals surface area contributed by atoms with Crippen molar-refractivity contribution in [2.24, 2.45) is 12.8 Å². The van der Waals surface area contributed by atoms with Crippen molar-refractivity contribution in [1.29, 1.82) is 0 Å². The molecule has 1 aliphatic rings. The van der Waals surface area contributed by atoms with Gasteiger partial charge in [-0.2, -0.15) is 0 Å². The van der Waals surface area contributed by atoms with E-state index >= 15 is 0 Å². The van der Waals surface area contributed by atoms with E-state index in [1.54, 1.807) is 6.07 Å². The van der Waals surface area contributed by atoms with E-state index in [9.17, 15) is 5.11 Å². The van der Waals surface area contributed by atoms with Crippen LogP contribution < -0.4 is 5.73 Å². The number of fused-ring (bicyclic) bond motifs is 1. The van der Waals surface area contributed by atoms with Crippen molar-refractivity contribution in [2.75, 3.05) is 6.54 Å². The summed E-state index contributed by atoms with van der Waals surface area (Å²) in [5.41, 5.74) is 8.67. The number of benzene rings is 1. The monoisotopic (exact) mass is 244 g/mol. The van der Waals surface area contributed by atoms with Crippen molar-refractivity contribution < 1.29 is 5.11 Å². The Labute approximate surface area is 107 Å². The SMILES string of the molecule is Cn1cc(C2(CN)CCCC2)c2cc(O)ccc21. The van der Waals surface area contributed by atoms with Gasteiger partial charge in [0.15, 0.2) is 0 Å². The van der Waals surface area contributed by atoms with Crippen molar-refractivity contribution >= 4 is 10.9 Å². The number of phenolic OH excluding ortho intramolecular Hbond substituents is 1. The molecule has 0 aliphatic heterocycles. The lowest BCUT2D eigenvalue weighted by atomic mass is 9.79. The molecule has 18 heavy (non-hydrogen) atoms. The molecule has 3 nitrogen and oxygen atoms in total. The highest BCUT2D eigenvalue weighted by molar-refractivity contribution is 5.86. The maximum atomic E-state index is 9.72. The van der Waals surface area contributed by atoms with Crippen molar-refractivity contribution in [2.45, 2.75) is 31.1 Å². The Kier molecular flexibility index (Phi) is 2.59. The van der Waals surface area contributed by atoms with Crippen LogP contribution in [-0.2, 0) is 12.5 Å². The van der Waals surface area contributed by atoms with Gasteiger partial charge >= 0.3 is 0 Å². The Morgan fingerprint density at radius 3 is 2.72 bits per heavy atom. The molecule has 0 unspecified atom stereocenters. The summed E-state index contributed by atoms with van der Waals surface area (Å²) in [5.74, 6) is 0.333. The first-order valence-corrected chi connectivity index (χ1v) is 6.65. The predicted octanol–water partition coefficient (Wildman–Crippen LogP) is 2.65. The first kappa shape index (κ1) is 11.6. The minimum absolute atomic E-state index is 0.118. The molecule has 0 radical (unpaired) electrons. The van der Waals surface area contributed by atoms with Crippen molar-refractivity contribution in [1.82, 2.24) is 4.57 Å². The summed E-state index contributed by atoms with van der Waals surface area (Å²) in [7, 11) is 2.06. The van der Waals surface area contributed by atoms with E-state index in [1.807, 2.05) is 12.1 Å². The Morgan fingerprint density at radius 2 is 2.06 bits per heavy atom. The number of aromatic nitrogens is 1. The van der Waals surface area contributed by atoms with Gasteiger partial charge in [-0.3, -0.25) is 0 Å². The summed E-state index contributed by atoms with van der Waals surface area (Å²) in [6.45, 7) is 0.696. The predicted molar refractivity (Wildman–Crippen MR) is 73.8 cm³/mol. The number of nitrogens with two attached hydrogens (primary N) is 1. The number of aryl methyl sites for hydroxylation is 1. The molecule has 2 aromatic rings. The molecule has 1 aromatic carbocycles. The highest BCUT2D eigenvalue weighted by Crippen LogP contribution is 2.44. The molecule has 3 heteroatoms. The Bertz CT molecular complexity index is 579. The third-order valence-electron chi connectivity index (χ3n) is 4.50. The van der Waals surface area contributed by atoms with Gasteiger partial charge in [0.25, 0.3) is 0 Å². The van der Waals surface area contributed by atoms with E-state index in [4.69, 9.17) is 5.73 Å². The molecule has 0 bridgehead atoms. The molecule has 0 spiro atoms. The van der Waals surface area contributed by atoms with Crippen LogP contribution in [0, 0.1) is 0 Å². The number of nitrogens with zero attached hydrogens (tertiary/aromatic N) is 1. The normalized spacial score (nSPS) is 18.6. The van der Waals surface area contributed by atoms with E-state index < -0.39 is 0 Å². The Hall–Kier alpha value is -1.48. The maximum Gasteiger partial charge on any atom is 0.116 e. The topological polar surface area (TPSA) is 51.2 Å². The van der Waals surface area contributed by atoms with E-state index in [0.29, 0.717) is 12.3 Å². The fourth-order valence-corrected chi connectivity index (χ4v) is 3.44. The fourth-order valence-electron chi connectivity index (χ4n) is 3.44. The lowest BCUT2D eigenvalue weighted by Gasteiger charge is -2.27. The molecule has 96 valence electrons. The van der Waals surface area contributed by atoms with E-state index in [2.05, 4.69) is 17.8 Å². The van der Waals surface area contributed by atoms with Gasteiger partial charge in [0.2, 0.25) is 0 Å². The van der Waals surface area contributed by atoms with Gasteiger partial charge in [0, 0.05) is 36.1 Å². The van der Waals surface area contributed by atoms with Gasteiger partial charge in [-0.15, -0.1) is 0 Å². The van der Waals surface area contributed by atoms with E-state index in [1.165, 1.54) is 23.9 Å². The minimum atomic E-state index is 0.118. The number of hydrogen-bond acceptors (Lipinski definition) is 2. The smallest absolute Gasteiger partial charge is 0.116 e. The lowest BCUT2D eigenvalue weighted by Crippen LogP contribution is -2.31. The largest absolute Gasteiger partial charge is 0.508 e. The third kappa shape index (κ3) is 1.54. The van der Waals surface area contributed by atoms with Crippen LogP contribution in [0.5, 0.6) is 5.75 Å². The summed E-state index contributed by atoms with van der Waals surface area (Å²) in [4.78, 5) is 0. The summed E-state index contributed by atoms with van der Waals surface area (Å²) >= 11 is 0. The second-order valence-corrected chi connectivity index (χ2v) is 5.55. The number of hydrogen-bond donors (Lipinski definition) is 2. The fraction of sp³-hybridized carbons (Fsp3) is 0.467. The van der Waals surface area contributed by atoms with Gasteiger partial charge in [-0.05, 0) is 36.6 Å². The van der Waals surface area contributed by atoms with Crippen LogP contribution in [0.3, 0.4) is 0 Å². The molecule has 0 atom stereocenters. The second-order valence-electron chi connectivity index (χ2n) is 5.55. The van der Waals surface area contributed by atoms with Crippen LogP contribution >= 0.6 is 0 Å². The Morgan fingerprint density at radius 1 is 1.33 bits per heavy atom. The summed E-state index contributed by atoms with van der Waals surface area (Å²) < 4.78 is 2.14. The molecule has 3 N–H and O–H groups in total. The summed E-state index contributed by atoms with van der Waals surface area (Å²) in [6.07, 6.45) is 7.04. The molecule has 3 rings (SSSR count). The Balaban J connectivity index is 2.25. The molecule has 1 saturated carbocycles. The minimum Gasteiger partial charge on any atom is -0.508 e. The van der Waals surface area contributed by atoms with Gasteiger partial charge in [0.1, 0.15) is 5.75 Å². The maximum absolute atomic E-state index is 9.72. The van der Waals surface area contributed by atoms with E-state index in [0.717, 1.165) is 18.2 Å². The molecule has 1 aromatic heterocycles. The average molecular weight is 244 g/mol. The van der Waals surface area contributed by atoms with Gasteiger partial charge in [0.05, 0.1) is 0 Å². The standard InChI is InChI=1S/C15H20N2O/c1-17-9-13(15(10-16)6-2-3-7-15)12-8-11(18)4-5-14(12)17/h4-5,8-9,18H,2-3,6-7,10,16H2,1H3.